The van der Waals surface area contributed by atoms with Crippen molar-refractivity contribution in [2.45, 2.75) is 102 Å². The van der Waals surface area contributed by atoms with Crippen molar-refractivity contribution in [3.05, 3.63) is 252 Å². The zero-order chi connectivity index (χ0) is 49.2. The molecule has 8 aromatic carbocycles. The Hall–Kier alpha value is -6.12. The average molecular weight is 981 g/mol. The molecule has 4 nitrogen and oxygen atoms in total. The lowest BCUT2D eigenvalue weighted by Gasteiger charge is -2.34. The van der Waals surface area contributed by atoms with Crippen molar-refractivity contribution >= 4 is 60.1 Å². The molecule has 72 heavy (non-hydrogen) atoms. The van der Waals surface area contributed by atoms with E-state index >= 15 is 0 Å². The quantitative estimate of drug-likeness (QED) is 0.0749. The van der Waals surface area contributed by atoms with Crippen molar-refractivity contribution in [1.82, 2.24) is 10.6 Å². The summed E-state index contributed by atoms with van der Waals surface area (Å²) in [4.78, 5) is 10.2. The highest BCUT2D eigenvalue weighted by Crippen LogP contribution is 2.35. The molecule has 0 radical (unpaired) electrons. The molecule has 4 atom stereocenters. The smallest absolute Gasteiger partial charge is 0.0723 e. The Kier molecular flexibility index (Phi) is 18.7. The second kappa shape index (κ2) is 26.5. The van der Waals surface area contributed by atoms with Crippen molar-refractivity contribution in [3.63, 3.8) is 0 Å². The van der Waals surface area contributed by atoms with E-state index in [-0.39, 0.29) is 12.1 Å². The van der Waals surface area contributed by atoms with Gasteiger partial charge in [-0.05, 0) is 115 Å². The van der Waals surface area contributed by atoms with E-state index < -0.39 is 15.8 Å². The van der Waals surface area contributed by atoms with Crippen molar-refractivity contribution in [2.24, 2.45) is 9.98 Å². The summed E-state index contributed by atoms with van der Waals surface area (Å²) in [6.07, 6.45) is 13.9. The fraction of sp³-hybridized carbons (Fsp3) is 0.242. The standard InChI is InChI=1S/C33H37N2P.C33H33N2P/c2*1-26-14-8-9-15-27(26)24-34-31-21-11-12-22-32(31)35-25-28-16-10-13-23-33(28)36(29-17-4-2-5-18-29)30-19-6-3-7-20-30/h2-10,13-20,23,31-32,34-35H,11-12,21-22,24-25H2,1H3;2-10,13-20,23-25,31-32H,11-12,21-22H2,1H3. The van der Waals surface area contributed by atoms with Crippen LogP contribution in [0, 0.1) is 13.8 Å². The number of nitrogens with one attached hydrogen (secondary N) is 2. The number of aryl methyl sites for hydroxylation is 2. The van der Waals surface area contributed by atoms with Crippen LogP contribution in [-0.4, -0.2) is 36.6 Å². The highest BCUT2D eigenvalue weighted by molar-refractivity contribution is 7.80. The Bertz CT molecular complexity index is 2860. The number of aliphatic imine (C=N–C) groups is 2. The van der Waals surface area contributed by atoms with E-state index in [4.69, 9.17) is 9.98 Å². The van der Waals surface area contributed by atoms with Gasteiger partial charge in [-0.2, -0.15) is 0 Å². The first-order chi connectivity index (χ1) is 35.6. The monoisotopic (exact) mass is 981 g/mol. The van der Waals surface area contributed by atoms with Crippen molar-refractivity contribution in [1.29, 1.82) is 0 Å². The molecule has 0 saturated heterocycles. The van der Waals surface area contributed by atoms with Crippen LogP contribution < -0.4 is 42.5 Å². The van der Waals surface area contributed by atoms with Crippen LogP contribution in [0.25, 0.3) is 0 Å². The van der Waals surface area contributed by atoms with Gasteiger partial charge in [0.15, 0.2) is 0 Å². The molecule has 2 N–H and O–H groups in total. The van der Waals surface area contributed by atoms with E-state index in [0.29, 0.717) is 12.1 Å². The van der Waals surface area contributed by atoms with Crippen LogP contribution in [0.2, 0.25) is 0 Å². The van der Waals surface area contributed by atoms with Crippen LogP contribution in [0.5, 0.6) is 0 Å². The molecule has 6 heteroatoms. The van der Waals surface area contributed by atoms with Gasteiger partial charge in [-0.25, -0.2) is 0 Å². The molecule has 0 aliphatic heterocycles. The summed E-state index contributed by atoms with van der Waals surface area (Å²) in [7, 11) is -1.27. The van der Waals surface area contributed by atoms with Gasteiger partial charge in [-0.15, -0.1) is 0 Å². The average Bonchev–Trinajstić information content (AvgIpc) is 3.44. The third-order valence-electron chi connectivity index (χ3n) is 14.3. The fourth-order valence-electron chi connectivity index (χ4n) is 10.3. The molecule has 2 saturated carbocycles. The minimum atomic E-state index is -0.668. The summed E-state index contributed by atoms with van der Waals surface area (Å²) in [6.45, 7) is 6.20. The summed E-state index contributed by atoms with van der Waals surface area (Å²) in [6, 6.07) is 80.3. The molecule has 0 heterocycles. The predicted octanol–water partition coefficient (Wildman–Crippen LogP) is 12.5. The second-order valence-corrected chi connectivity index (χ2v) is 23.6. The minimum Gasteiger partial charge on any atom is -0.308 e. The maximum Gasteiger partial charge on any atom is 0.0723 e. The van der Waals surface area contributed by atoms with Crippen LogP contribution in [0.3, 0.4) is 0 Å². The summed E-state index contributed by atoms with van der Waals surface area (Å²) < 4.78 is 0. The third-order valence-corrected chi connectivity index (χ3v) is 19.4. The first-order valence-corrected chi connectivity index (χ1v) is 28.9. The fourth-order valence-corrected chi connectivity index (χ4v) is 15.2. The van der Waals surface area contributed by atoms with Crippen LogP contribution in [0.4, 0.5) is 0 Å². The molecule has 8 aromatic rings. The van der Waals surface area contributed by atoms with E-state index in [1.54, 1.807) is 0 Å². The van der Waals surface area contributed by atoms with E-state index in [1.807, 2.05) is 0 Å². The molecule has 0 aromatic heterocycles. The number of rotatable bonds is 16. The number of benzene rings is 8. The molecule has 2 aliphatic rings. The molecule has 0 amide bonds. The summed E-state index contributed by atoms with van der Waals surface area (Å²) in [5, 5.41) is 16.2. The number of nitrogens with zero attached hydrogens (tertiary/aromatic N) is 2. The first kappa shape index (κ1) is 50.8. The normalized spacial score (nSPS) is 18.1. The van der Waals surface area contributed by atoms with Gasteiger partial charge in [0.2, 0.25) is 0 Å². The SMILES string of the molecule is Cc1ccccc1C=NC1CCCCC1N=Cc1ccccc1P(c1ccccc1)c1ccccc1.Cc1ccccc1CNC1CCCCC1NCc1ccccc1P(c1ccccc1)c1ccccc1. The summed E-state index contributed by atoms with van der Waals surface area (Å²) in [5.41, 5.74) is 7.87. The van der Waals surface area contributed by atoms with E-state index in [1.165, 1.54) is 104 Å². The lowest BCUT2D eigenvalue weighted by molar-refractivity contribution is 0.281. The molecule has 4 unspecified atom stereocenters. The van der Waals surface area contributed by atoms with Gasteiger partial charge in [0, 0.05) is 43.2 Å². The van der Waals surface area contributed by atoms with Crippen molar-refractivity contribution in [3.8, 4) is 0 Å². The number of hydrogen-bond donors (Lipinski definition) is 2. The molecule has 2 aliphatic carbocycles. The van der Waals surface area contributed by atoms with Gasteiger partial charge in [0.25, 0.3) is 0 Å². The highest BCUT2D eigenvalue weighted by Gasteiger charge is 2.27. The van der Waals surface area contributed by atoms with E-state index in [2.05, 4.69) is 255 Å². The van der Waals surface area contributed by atoms with Crippen LogP contribution in [-0.2, 0) is 13.1 Å². The molecule has 364 valence electrons. The molecule has 0 bridgehead atoms. The number of hydrogen-bond acceptors (Lipinski definition) is 4. The molecular formula is C66H70N4P2. The Morgan fingerprint density at radius 1 is 0.375 bits per heavy atom. The minimum absolute atomic E-state index is 0.228. The molecular weight excluding hydrogens is 911 g/mol. The van der Waals surface area contributed by atoms with Crippen LogP contribution >= 0.6 is 15.8 Å². The van der Waals surface area contributed by atoms with Gasteiger partial charge < -0.3 is 10.6 Å². The summed E-state index contributed by atoms with van der Waals surface area (Å²) in [5.74, 6) is 0. The van der Waals surface area contributed by atoms with Crippen molar-refractivity contribution in [2.75, 3.05) is 0 Å². The van der Waals surface area contributed by atoms with E-state index in [0.717, 1.165) is 25.9 Å². The molecule has 2 fully saturated rings. The Labute approximate surface area is 432 Å². The Morgan fingerprint density at radius 3 is 1.24 bits per heavy atom. The lowest BCUT2D eigenvalue weighted by Crippen LogP contribution is -2.49. The van der Waals surface area contributed by atoms with Crippen LogP contribution in [0.15, 0.2) is 228 Å². The summed E-state index contributed by atoms with van der Waals surface area (Å²) >= 11 is 0. The van der Waals surface area contributed by atoms with Crippen molar-refractivity contribution < 1.29 is 0 Å². The molecule has 0 spiro atoms. The lowest BCUT2D eigenvalue weighted by atomic mass is 9.90. The van der Waals surface area contributed by atoms with Gasteiger partial charge >= 0.3 is 0 Å². The zero-order valence-corrected chi connectivity index (χ0v) is 43.9. The van der Waals surface area contributed by atoms with Gasteiger partial charge in [-0.1, -0.05) is 244 Å². The van der Waals surface area contributed by atoms with Gasteiger partial charge in [0.05, 0.1) is 12.1 Å². The topological polar surface area (TPSA) is 48.8 Å². The molecule has 10 rings (SSSR count). The predicted molar refractivity (Wildman–Crippen MR) is 314 cm³/mol. The van der Waals surface area contributed by atoms with Crippen LogP contribution in [0.1, 0.15) is 84.7 Å². The van der Waals surface area contributed by atoms with Gasteiger partial charge in [-0.3, -0.25) is 9.98 Å². The van der Waals surface area contributed by atoms with E-state index in [9.17, 15) is 0 Å². The Morgan fingerprint density at radius 2 is 0.736 bits per heavy atom. The highest BCUT2D eigenvalue weighted by atomic mass is 31.1. The first-order valence-electron chi connectivity index (χ1n) is 26.2. The zero-order valence-electron chi connectivity index (χ0n) is 42.1. The third kappa shape index (κ3) is 13.7. The van der Waals surface area contributed by atoms with Gasteiger partial charge in [0.1, 0.15) is 0 Å². The maximum absolute atomic E-state index is 5.17. The maximum atomic E-state index is 5.17. The largest absolute Gasteiger partial charge is 0.308 e. The Balaban J connectivity index is 0.000000178. The second-order valence-electron chi connectivity index (χ2n) is 19.2.